The molecule has 0 radical (unpaired) electrons. The normalized spacial score (nSPS) is 10.3. The molecule has 0 fully saturated rings. The minimum atomic E-state index is -0.179. The van der Waals surface area contributed by atoms with E-state index in [1.54, 1.807) is 0 Å². The number of nitrogens with zero attached hydrogens (tertiary/aromatic N) is 1. The zero-order valence-corrected chi connectivity index (χ0v) is 7.26. The summed E-state index contributed by atoms with van der Waals surface area (Å²) < 4.78 is 0. The third kappa shape index (κ3) is 10.8. The Balaban J connectivity index is 0. The van der Waals surface area contributed by atoms with E-state index in [4.69, 9.17) is 29.8 Å². The van der Waals surface area contributed by atoms with Gasteiger partial charge in [0.1, 0.15) is 0 Å². The Hall–Kier alpha value is 0.720. The first-order chi connectivity index (χ1) is 6.35. The number of hydrogen-bond acceptors (Lipinski definition) is 7. The number of rotatable bonds is 9. The molecular formula is C6H16NNaO6. The molecule has 0 bridgehead atoms. The van der Waals surface area contributed by atoms with Crippen molar-refractivity contribution in [1.82, 2.24) is 5.39 Å². The summed E-state index contributed by atoms with van der Waals surface area (Å²) in [5.74, 6) is 0. The molecule has 0 saturated heterocycles. The Labute approximate surface area is 104 Å². The molecule has 82 valence electrons. The van der Waals surface area contributed by atoms with E-state index in [-0.39, 0.29) is 69.2 Å². The summed E-state index contributed by atoms with van der Waals surface area (Å²) in [6, 6.07) is 0. The third-order valence-electron chi connectivity index (χ3n) is 0.864. The van der Waals surface area contributed by atoms with Gasteiger partial charge in [0.25, 0.3) is 0 Å². The molecule has 0 aliphatic carbocycles. The van der Waals surface area contributed by atoms with Crippen molar-refractivity contribution in [1.29, 1.82) is 0 Å². The van der Waals surface area contributed by atoms with Crippen LogP contribution in [0.4, 0.5) is 0 Å². The van der Waals surface area contributed by atoms with Crippen LogP contribution in [0.15, 0.2) is 0 Å². The zero-order chi connectivity index (χ0) is 9.94. The zero-order valence-electron chi connectivity index (χ0n) is 7.26. The van der Waals surface area contributed by atoms with Crippen molar-refractivity contribution in [2.45, 2.75) is 0 Å². The van der Waals surface area contributed by atoms with E-state index < -0.39 is 0 Å². The van der Waals surface area contributed by atoms with E-state index in [0.717, 1.165) is 0 Å². The average Bonchev–Trinajstić information content (AvgIpc) is 2.17. The van der Waals surface area contributed by atoms with E-state index >= 15 is 0 Å². The van der Waals surface area contributed by atoms with Gasteiger partial charge in [-0.15, -0.1) is 0 Å². The molecule has 3 N–H and O–H groups in total. The van der Waals surface area contributed by atoms with Crippen LogP contribution in [0, 0.1) is 0 Å². The summed E-state index contributed by atoms with van der Waals surface area (Å²) in [5.41, 5.74) is 0. The summed E-state index contributed by atoms with van der Waals surface area (Å²) in [5, 5.41) is 25.9. The Bertz CT molecular complexity index is 89.3. The van der Waals surface area contributed by atoms with Gasteiger partial charge in [0.15, 0.2) is 0 Å². The van der Waals surface area contributed by atoms with Crippen LogP contribution in [0.25, 0.3) is 0 Å². The van der Waals surface area contributed by atoms with Crippen molar-refractivity contribution in [2.24, 2.45) is 0 Å². The molecule has 0 unspecified atom stereocenters. The van der Waals surface area contributed by atoms with Gasteiger partial charge in [0, 0.05) is 0 Å². The molecule has 0 aromatic heterocycles. The van der Waals surface area contributed by atoms with Crippen molar-refractivity contribution >= 4 is 29.6 Å². The second kappa shape index (κ2) is 13.7. The molecule has 14 heavy (non-hydrogen) atoms. The molecule has 7 nitrogen and oxygen atoms in total. The molecular weight excluding hydrogens is 205 g/mol. The average molecular weight is 221 g/mol. The fourth-order valence-corrected chi connectivity index (χ4v) is 0.458. The monoisotopic (exact) mass is 221 g/mol. The van der Waals surface area contributed by atoms with E-state index in [1.165, 1.54) is 0 Å². The molecule has 8 heteroatoms. The van der Waals surface area contributed by atoms with Crippen LogP contribution < -0.4 is 0 Å². The molecule has 0 aliphatic heterocycles. The number of aliphatic hydroxyl groups excluding tert-OH is 3. The van der Waals surface area contributed by atoms with Crippen LogP contribution in [-0.4, -0.2) is 89.9 Å². The maximum absolute atomic E-state index is 8.40. The standard InChI is InChI=1S/C6H15NO6.Na.H/c8-1-4-11-7(12-5-2-9)13-6-3-10;;/h8-10H,1-6H2;;. The molecule has 0 spiro atoms. The number of hydrogen-bond donors (Lipinski definition) is 3. The van der Waals surface area contributed by atoms with Gasteiger partial charge in [-0.1, -0.05) is 0 Å². The van der Waals surface area contributed by atoms with Crippen LogP contribution >= 0.6 is 0 Å². The van der Waals surface area contributed by atoms with Gasteiger partial charge in [0.2, 0.25) is 0 Å². The van der Waals surface area contributed by atoms with E-state index in [9.17, 15) is 0 Å². The van der Waals surface area contributed by atoms with Crippen molar-refractivity contribution in [3.05, 3.63) is 0 Å². The summed E-state index contributed by atoms with van der Waals surface area (Å²) >= 11 is 0. The predicted octanol–water partition coefficient (Wildman–Crippen LogP) is -2.59. The van der Waals surface area contributed by atoms with E-state index in [1.807, 2.05) is 0 Å². The van der Waals surface area contributed by atoms with Gasteiger partial charge in [-0.25, -0.2) is 14.5 Å². The first-order valence-corrected chi connectivity index (χ1v) is 3.86. The second-order valence-electron chi connectivity index (χ2n) is 1.89. The van der Waals surface area contributed by atoms with Crippen molar-refractivity contribution in [3.8, 4) is 0 Å². The predicted molar refractivity (Wildman–Crippen MR) is 48.1 cm³/mol. The van der Waals surface area contributed by atoms with Gasteiger partial charge in [-0.3, -0.25) is 0 Å². The molecule has 0 aromatic rings. The molecule has 0 aromatic carbocycles. The summed E-state index contributed by atoms with van der Waals surface area (Å²) in [6.45, 7) is -0.505. The van der Waals surface area contributed by atoms with Crippen LogP contribution in [0.1, 0.15) is 0 Å². The van der Waals surface area contributed by atoms with Crippen molar-refractivity contribution in [3.63, 3.8) is 0 Å². The van der Waals surface area contributed by atoms with Gasteiger partial charge >= 0.3 is 29.6 Å². The van der Waals surface area contributed by atoms with Crippen molar-refractivity contribution in [2.75, 3.05) is 39.6 Å². The molecule has 0 aliphatic rings. The van der Waals surface area contributed by atoms with Crippen LogP contribution in [-0.2, 0) is 14.5 Å². The van der Waals surface area contributed by atoms with Crippen molar-refractivity contribution < 1.29 is 29.8 Å². The van der Waals surface area contributed by atoms with Gasteiger partial charge in [-0.05, 0) is 0 Å². The van der Waals surface area contributed by atoms with Crippen LogP contribution in [0.3, 0.4) is 0 Å². The Morgan fingerprint density at radius 1 is 0.714 bits per heavy atom. The van der Waals surface area contributed by atoms with E-state index in [2.05, 4.69) is 0 Å². The summed E-state index contributed by atoms with van der Waals surface area (Å²) in [4.78, 5) is 14.1. The van der Waals surface area contributed by atoms with E-state index in [0.29, 0.717) is 5.39 Å². The first kappa shape index (κ1) is 17.1. The summed E-state index contributed by atoms with van der Waals surface area (Å²) in [7, 11) is 0. The fourth-order valence-electron chi connectivity index (χ4n) is 0.458. The Morgan fingerprint density at radius 3 is 1.21 bits per heavy atom. The molecule has 0 rings (SSSR count). The maximum atomic E-state index is 8.40. The molecule has 0 saturated carbocycles. The summed E-state index contributed by atoms with van der Waals surface area (Å²) in [6.07, 6.45) is 0. The minimum absolute atomic E-state index is 0. The Kier molecular flexibility index (Phi) is 16.8. The second-order valence-corrected chi connectivity index (χ2v) is 1.89. The molecule has 0 amide bonds. The molecule has 0 atom stereocenters. The molecule has 0 heterocycles. The van der Waals surface area contributed by atoms with Gasteiger partial charge < -0.3 is 15.3 Å². The van der Waals surface area contributed by atoms with Crippen LogP contribution in [0.5, 0.6) is 0 Å². The fraction of sp³-hybridized carbons (Fsp3) is 1.00. The SMILES string of the molecule is OCCON(OCCO)OCCO.[NaH]. The topological polar surface area (TPSA) is 91.6 Å². The van der Waals surface area contributed by atoms with Gasteiger partial charge in [0.05, 0.1) is 45.0 Å². The number of aliphatic hydroxyl groups is 3. The Morgan fingerprint density at radius 2 is 1.00 bits per heavy atom. The third-order valence-corrected chi connectivity index (χ3v) is 0.864. The van der Waals surface area contributed by atoms with Crippen LogP contribution in [0.2, 0.25) is 0 Å². The first-order valence-electron chi connectivity index (χ1n) is 3.86. The quantitative estimate of drug-likeness (QED) is 0.291. The van der Waals surface area contributed by atoms with Gasteiger partial charge in [-0.2, -0.15) is 0 Å².